The quantitative estimate of drug-likeness (QED) is 0.781. The molecule has 2 aromatic heterocycles. The lowest BCUT2D eigenvalue weighted by atomic mass is 10.0. The molecule has 3 aromatic rings. The minimum absolute atomic E-state index is 0.00278. The molecule has 26 heavy (non-hydrogen) atoms. The molecule has 1 amide bonds. The van der Waals surface area contributed by atoms with Crippen molar-refractivity contribution in [2.45, 2.75) is 25.9 Å². The van der Waals surface area contributed by atoms with Gasteiger partial charge in [0.25, 0.3) is 5.56 Å². The highest BCUT2D eigenvalue weighted by Crippen LogP contribution is 2.20. The Morgan fingerprint density at radius 1 is 1.27 bits per heavy atom. The van der Waals surface area contributed by atoms with Gasteiger partial charge in [-0.15, -0.1) is 0 Å². The number of amides is 1. The lowest BCUT2D eigenvalue weighted by molar-refractivity contribution is -0.135. The Bertz CT molecular complexity index is 979. The Kier molecular flexibility index (Phi) is 4.12. The zero-order chi connectivity index (χ0) is 18.1. The monoisotopic (exact) mass is 349 g/mol. The van der Waals surface area contributed by atoms with Gasteiger partial charge in [0.05, 0.1) is 18.6 Å². The van der Waals surface area contributed by atoms with Crippen LogP contribution in [0.3, 0.4) is 0 Å². The van der Waals surface area contributed by atoms with Crippen molar-refractivity contribution in [1.29, 1.82) is 0 Å². The molecule has 3 heterocycles. The number of imidazole rings is 1. The molecule has 1 atom stereocenters. The van der Waals surface area contributed by atoms with E-state index < -0.39 is 0 Å². The number of carbonyl (C=O) groups is 1. The number of nitrogens with zero attached hydrogens (tertiary/aromatic N) is 4. The molecule has 0 saturated carbocycles. The Morgan fingerprint density at radius 3 is 2.81 bits per heavy atom. The molecule has 0 bridgehead atoms. The van der Waals surface area contributed by atoms with Gasteiger partial charge in [-0.2, -0.15) is 0 Å². The fraction of sp³-hybridized carbons (Fsp3) is 0.263. The molecule has 0 radical (unpaired) electrons. The second kappa shape index (κ2) is 6.59. The Morgan fingerprint density at radius 2 is 2.08 bits per heavy atom. The number of hydrogen-bond acceptors (Lipinski definition) is 4. The second-order valence-corrected chi connectivity index (χ2v) is 6.40. The summed E-state index contributed by atoms with van der Waals surface area (Å²) in [6.45, 7) is 2.71. The second-order valence-electron chi connectivity index (χ2n) is 6.40. The maximum atomic E-state index is 12.8. The highest BCUT2D eigenvalue weighted by Gasteiger charge is 2.28. The van der Waals surface area contributed by atoms with E-state index >= 15 is 0 Å². The van der Waals surface area contributed by atoms with Gasteiger partial charge in [0.1, 0.15) is 11.9 Å². The van der Waals surface area contributed by atoms with Gasteiger partial charge in [-0.25, -0.2) is 9.97 Å². The molecule has 7 nitrogen and oxygen atoms in total. The Balaban J connectivity index is 1.63. The van der Waals surface area contributed by atoms with E-state index in [4.69, 9.17) is 0 Å². The predicted molar refractivity (Wildman–Crippen MR) is 96.4 cm³/mol. The van der Waals surface area contributed by atoms with Gasteiger partial charge < -0.3 is 14.5 Å². The minimum Gasteiger partial charge on any atom is -0.335 e. The predicted octanol–water partition coefficient (Wildman–Crippen LogP) is 1.78. The summed E-state index contributed by atoms with van der Waals surface area (Å²) in [5.41, 5.74) is 2.07. The topological polar surface area (TPSA) is 83.9 Å². The molecule has 1 unspecified atom stereocenters. The van der Waals surface area contributed by atoms with Gasteiger partial charge in [0, 0.05) is 30.1 Å². The smallest absolute Gasteiger partial charge is 0.254 e. The van der Waals surface area contributed by atoms with Crippen LogP contribution in [0.5, 0.6) is 0 Å². The van der Waals surface area contributed by atoms with Crippen LogP contribution in [0.1, 0.15) is 24.2 Å². The standard InChI is InChI=1S/C19H19N5O2/c1-13(24-10-8-20-12-24)19(26)23-9-7-15-16(11-23)21-17(22-18(15)25)14-5-3-2-4-6-14/h2-6,8,10,12-13H,7,9,11H2,1H3,(H,21,22,25). The molecule has 4 rings (SSSR count). The largest absolute Gasteiger partial charge is 0.335 e. The van der Waals surface area contributed by atoms with Crippen LogP contribution >= 0.6 is 0 Å². The first-order valence-electron chi connectivity index (χ1n) is 8.57. The number of rotatable bonds is 3. The zero-order valence-corrected chi connectivity index (χ0v) is 14.4. The van der Waals surface area contributed by atoms with Gasteiger partial charge in [-0.05, 0) is 13.3 Å². The average Bonchev–Trinajstić information content (AvgIpc) is 3.22. The lowest BCUT2D eigenvalue weighted by Crippen LogP contribution is -2.42. The summed E-state index contributed by atoms with van der Waals surface area (Å²) >= 11 is 0. The molecule has 0 fully saturated rings. The summed E-state index contributed by atoms with van der Waals surface area (Å²) in [7, 11) is 0. The molecule has 0 spiro atoms. The summed E-state index contributed by atoms with van der Waals surface area (Å²) < 4.78 is 1.78. The normalized spacial score (nSPS) is 14.7. The summed E-state index contributed by atoms with van der Waals surface area (Å²) in [4.78, 5) is 38.5. The minimum atomic E-state index is -0.338. The molecule has 7 heteroatoms. The first kappa shape index (κ1) is 16.3. The van der Waals surface area contributed by atoms with Crippen LogP contribution in [-0.2, 0) is 17.8 Å². The third kappa shape index (κ3) is 2.92. The molecule has 1 aliphatic rings. The maximum Gasteiger partial charge on any atom is 0.254 e. The van der Waals surface area contributed by atoms with E-state index in [2.05, 4.69) is 15.0 Å². The SMILES string of the molecule is CC(C(=O)N1CCc2c(nc(-c3ccccc3)[nH]c2=O)C1)n1ccnc1. The Labute approximate surface area is 150 Å². The van der Waals surface area contributed by atoms with Crippen molar-refractivity contribution in [3.63, 3.8) is 0 Å². The van der Waals surface area contributed by atoms with E-state index in [1.54, 1.807) is 28.2 Å². The Hall–Kier alpha value is -3.22. The van der Waals surface area contributed by atoms with Crippen LogP contribution in [0.2, 0.25) is 0 Å². The molecule has 1 aliphatic heterocycles. The molecule has 1 N–H and O–H groups in total. The first-order chi connectivity index (χ1) is 12.6. The number of nitrogens with one attached hydrogen (secondary N) is 1. The van der Waals surface area contributed by atoms with Crippen molar-refractivity contribution in [2.75, 3.05) is 6.54 Å². The number of fused-ring (bicyclic) bond motifs is 1. The molecular formula is C19H19N5O2. The average molecular weight is 349 g/mol. The molecule has 132 valence electrons. The molecule has 1 aromatic carbocycles. The van der Waals surface area contributed by atoms with E-state index in [-0.39, 0.29) is 17.5 Å². The number of benzene rings is 1. The first-order valence-corrected chi connectivity index (χ1v) is 8.57. The van der Waals surface area contributed by atoms with Crippen molar-refractivity contribution in [3.05, 3.63) is 70.7 Å². The van der Waals surface area contributed by atoms with Gasteiger partial charge in [0.2, 0.25) is 5.91 Å². The van der Waals surface area contributed by atoms with Crippen molar-refractivity contribution in [2.24, 2.45) is 0 Å². The highest BCUT2D eigenvalue weighted by molar-refractivity contribution is 5.80. The van der Waals surface area contributed by atoms with Crippen LogP contribution in [-0.4, -0.2) is 36.9 Å². The number of H-pyrrole nitrogens is 1. The van der Waals surface area contributed by atoms with E-state index in [0.717, 1.165) is 5.56 Å². The molecular weight excluding hydrogens is 330 g/mol. The number of aromatic nitrogens is 4. The van der Waals surface area contributed by atoms with Gasteiger partial charge >= 0.3 is 0 Å². The van der Waals surface area contributed by atoms with Crippen molar-refractivity contribution < 1.29 is 4.79 Å². The van der Waals surface area contributed by atoms with Crippen LogP contribution in [0.15, 0.2) is 53.8 Å². The molecule has 0 aliphatic carbocycles. The van der Waals surface area contributed by atoms with Gasteiger partial charge in [0.15, 0.2) is 0 Å². The van der Waals surface area contributed by atoms with E-state index in [9.17, 15) is 9.59 Å². The van der Waals surface area contributed by atoms with Crippen molar-refractivity contribution in [1.82, 2.24) is 24.4 Å². The van der Waals surface area contributed by atoms with Gasteiger partial charge in [-0.1, -0.05) is 30.3 Å². The van der Waals surface area contributed by atoms with Crippen LogP contribution in [0, 0.1) is 0 Å². The lowest BCUT2D eigenvalue weighted by Gasteiger charge is -2.30. The summed E-state index contributed by atoms with van der Waals surface area (Å²) in [5, 5.41) is 0. The third-order valence-corrected chi connectivity index (χ3v) is 4.76. The van der Waals surface area contributed by atoms with Crippen molar-refractivity contribution in [3.8, 4) is 11.4 Å². The van der Waals surface area contributed by atoms with E-state index in [1.807, 2.05) is 37.3 Å². The third-order valence-electron chi connectivity index (χ3n) is 4.76. The summed E-state index contributed by atoms with van der Waals surface area (Å²) in [6, 6.07) is 9.18. The highest BCUT2D eigenvalue weighted by atomic mass is 16.2. The fourth-order valence-electron chi connectivity index (χ4n) is 3.25. The zero-order valence-electron chi connectivity index (χ0n) is 14.4. The number of carbonyl (C=O) groups excluding carboxylic acids is 1. The number of hydrogen-bond donors (Lipinski definition) is 1. The van der Waals surface area contributed by atoms with Crippen LogP contribution in [0.25, 0.3) is 11.4 Å². The van der Waals surface area contributed by atoms with Crippen LogP contribution in [0.4, 0.5) is 0 Å². The fourth-order valence-corrected chi connectivity index (χ4v) is 3.25. The summed E-state index contributed by atoms with van der Waals surface area (Å²) in [6.07, 6.45) is 5.57. The van der Waals surface area contributed by atoms with Gasteiger partial charge in [-0.3, -0.25) is 9.59 Å². The maximum absolute atomic E-state index is 12.8. The number of aromatic amines is 1. The van der Waals surface area contributed by atoms with E-state index in [1.165, 1.54) is 0 Å². The summed E-state index contributed by atoms with van der Waals surface area (Å²) in [5.74, 6) is 0.531. The van der Waals surface area contributed by atoms with Crippen LogP contribution < -0.4 is 5.56 Å². The molecule has 0 saturated heterocycles. The van der Waals surface area contributed by atoms with E-state index in [0.29, 0.717) is 36.6 Å². The van der Waals surface area contributed by atoms with Crippen molar-refractivity contribution >= 4 is 5.91 Å².